The molecule has 1 N–H and O–H groups in total. The molecular formula is C39H75NO7P+. The van der Waals surface area contributed by atoms with Crippen molar-refractivity contribution < 1.29 is 37.3 Å². The number of allylic oxidation sites excluding steroid dienone is 6. The Morgan fingerprint density at radius 3 is 1.79 bits per heavy atom. The molecule has 9 heteroatoms. The number of likely N-dealkylation sites (N-methyl/N-ethyl adjacent to an activating group) is 1. The number of hydrogen-bond donors (Lipinski definition) is 1. The summed E-state index contributed by atoms with van der Waals surface area (Å²) in [7, 11) is 1.65. The van der Waals surface area contributed by atoms with Gasteiger partial charge in [0.15, 0.2) is 0 Å². The zero-order valence-corrected chi connectivity index (χ0v) is 32.6. The van der Waals surface area contributed by atoms with E-state index in [9.17, 15) is 14.3 Å². The minimum Gasteiger partial charge on any atom is -0.457 e. The maximum atomic E-state index is 12.6. The highest BCUT2D eigenvalue weighted by Gasteiger charge is 2.26. The molecule has 0 saturated heterocycles. The van der Waals surface area contributed by atoms with Crippen LogP contribution in [0.1, 0.15) is 149 Å². The molecule has 2 unspecified atom stereocenters. The van der Waals surface area contributed by atoms with Crippen molar-refractivity contribution in [1.82, 2.24) is 0 Å². The standard InChI is InChI=1S/C39H74NO7P/c1-6-8-10-12-14-16-18-20-21-23-25-27-29-31-34-44-36-38(37-46-48(42,43)45-35-33-40(3,4)5)47-39(41)32-30-28-26-24-22-19-17-15-13-11-9-7-2/h10,12,15-18,38H,6-9,11,13-14,19-37H2,1-5H3/p+1/b12-10-,17-15-,18-16-. The van der Waals surface area contributed by atoms with Crippen LogP contribution in [0.4, 0.5) is 0 Å². The van der Waals surface area contributed by atoms with Crippen LogP contribution in [0, 0.1) is 0 Å². The number of carbonyl (C=O) groups excluding carboxylic acids is 1. The molecule has 0 heterocycles. The Morgan fingerprint density at radius 1 is 0.646 bits per heavy atom. The van der Waals surface area contributed by atoms with E-state index in [0.29, 0.717) is 24.1 Å². The van der Waals surface area contributed by atoms with Crippen molar-refractivity contribution in [3.63, 3.8) is 0 Å². The molecule has 0 amide bonds. The predicted molar refractivity (Wildman–Crippen MR) is 201 cm³/mol. The van der Waals surface area contributed by atoms with Crippen molar-refractivity contribution in [2.75, 3.05) is 54.1 Å². The van der Waals surface area contributed by atoms with Crippen LogP contribution in [-0.2, 0) is 27.9 Å². The largest absolute Gasteiger partial charge is 0.472 e. The highest BCUT2D eigenvalue weighted by Crippen LogP contribution is 2.43. The van der Waals surface area contributed by atoms with Gasteiger partial charge < -0.3 is 18.9 Å². The van der Waals surface area contributed by atoms with Crippen molar-refractivity contribution in [3.8, 4) is 0 Å². The van der Waals surface area contributed by atoms with Gasteiger partial charge in [-0.05, 0) is 64.2 Å². The highest BCUT2D eigenvalue weighted by atomic mass is 31.2. The van der Waals surface area contributed by atoms with E-state index in [2.05, 4.69) is 50.3 Å². The Kier molecular flexibility index (Phi) is 32.0. The summed E-state index contributed by atoms with van der Waals surface area (Å²) in [5.74, 6) is -0.330. The van der Waals surface area contributed by atoms with Gasteiger partial charge in [0.25, 0.3) is 0 Å². The molecule has 0 saturated carbocycles. The molecule has 0 rings (SSSR count). The van der Waals surface area contributed by atoms with Crippen LogP contribution in [0.3, 0.4) is 0 Å². The lowest BCUT2D eigenvalue weighted by atomic mass is 10.1. The maximum absolute atomic E-state index is 12.6. The molecule has 282 valence electrons. The molecular weight excluding hydrogens is 625 g/mol. The van der Waals surface area contributed by atoms with Gasteiger partial charge in [-0.3, -0.25) is 13.8 Å². The van der Waals surface area contributed by atoms with E-state index in [4.69, 9.17) is 18.5 Å². The van der Waals surface area contributed by atoms with Crippen molar-refractivity contribution in [3.05, 3.63) is 36.5 Å². The average Bonchev–Trinajstić information content (AvgIpc) is 3.03. The third-order valence-corrected chi connectivity index (χ3v) is 8.89. The lowest BCUT2D eigenvalue weighted by molar-refractivity contribution is -0.870. The van der Waals surface area contributed by atoms with E-state index in [1.165, 1.54) is 70.6 Å². The Morgan fingerprint density at radius 2 is 1.19 bits per heavy atom. The normalized spacial score (nSPS) is 14.4. The van der Waals surface area contributed by atoms with Crippen LogP contribution in [-0.4, -0.2) is 75.6 Å². The quantitative estimate of drug-likeness (QED) is 0.0231. The van der Waals surface area contributed by atoms with Crippen LogP contribution in [0.25, 0.3) is 0 Å². The Hall–Kier alpha value is -1.28. The van der Waals surface area contributed by atoms with Gasteiger partial charge in [-0.15, -0.1) is 0 Å². The van der Waals surface area contributed by atoms with Crippen LogP contribution in [0.2, 0.25) is 0 Å². The summed E-state index contributed by atoms with van der Waals surface area (Å²) in [5.41, 5.74) is 0. The number of hydrogen-bond acceptors (Lipinski definition) is 6. The number of phosphoric ester groups is 1. The molecule has 2 atom stereocenters. The first-order valence-corrected chi connectivity index (χ1v) is 20.7. The Balaban J connectivity index is 4.33. The number of ether oxygens (including phenoxy) is 2. The summed E-state index contributed by atoms with van der Waals surface area (Å²) < 4.78 is 34.8. The van der Waals surface area contributed by atoms with Crippen molar-refractivity contribution in [2.24, 2.45) is 0 Å². The van der Waals surface area contributed by atoms with Gasteiger partial charge in [0.1, 0.15) is 19.3 Å². The summed E-state index contributed by atoms with van der Waals surface area (Å²) in [5, 5.41) is 0. The molecule has 48 heavy (non-hydrogen) atoms. The van der Waals surface area contributed by atoms with Crippen LogP contribution in [0.5, 0.6) is 0 Å². The van der Waals surface area contributed by atoms with Gasteiger partial charge in [0.2, 0.25) is 0 Å². The number of carbonyl (C=O) groups is 1. The van der Waals surface area contributed by atoms with Crippen molar-refractivity contribution >= 4 is 13.8 Å². The fourth-order valence-electron chi connectivity index (χ4n) is 4.88. The van der Waals surface area contributed by atoms with Gasteiger partial charge in [0, 0.05) is 13.0 Å². The number of unbranched alkanes of at least 4 members (excludes halogenated alkanes) is 15. The van der Waals surface area contributed by atoms with Gasteiger partial charge in [-0.25, -0.2) is 4.57 Å². The zero-order chi connectivity index (χ0) is 35.6. The van der Waals surface area contributed by atoms with Crippen molar-refractivity contribution in [2.45, 2.75) is 155 Å². The number of esters is 1. The number of nitrogens with zero attached hydrogens (tertiary/aromatic N) is 1. The molecule has 8 nitrogen and oxygen atoms in total. The fourth-order valence-corrected chi connectivity index (χ4v) is 5.62. The molecule has 0 aromatic carbocycles. The second kappa shape index (κ2) is 32.9. The summed E-state index contributed by atoms with van der Waals surface area (Å²) >= 11 is 0. The third kappa shape index (κ3) is 36.0. The summed E-state index contributed by atoms with van der Waals surface area (Å²) in [6.07, 6.45) is 35.9. The second-order valence-corrected chi connectivity index (χ2v) is 15.4. The Labute approximate surface area is 295 Å². The molecule has 0 bridgehead atoms. The molecule has 0 aromatic heterocycles. The van der Waals surface area contributed by atoms with E-state index >= 15 is 0 Å². The first kappa shape index (κ1) is 46.7. The minimum absolute atomic E-state index is 0.0842. The van der Waals surface area contributed by atoms with Gasteiger partial charge in [0.05, 0.1) is 34.4 Å². The lowest BCUT2D eigenvalue weighted by Gasteiger charge is -2.24. The average molecular weight is 701 g/mol. The summed E-state index contributed by atoms with van der Waals surface area (Å²) in [6.45, 7) is 5.48. The van der Waals surface area contributed by atoms with Gasteiger partial charge in [-0.1, -0.05) is 115 Å². The molecule has 0 aliphatic heterocycles. The van der Waals surface area contributed by atoms with Crippen LogP contribution < -0.4 is 0 Å². The SMILES string of the molecule is CCC/C=C\C/C=C\CCCCCCCCOCC(COP(=O)(O)OCC[N+](C)(C)C)OC(=O)CCCCCCC/C=C\CCCCC. The predicted octanol–water partition coefficient (Wildman–Crippen LogP) is 10.7. The Bertz CT molecular complexity index is 869. The van der Waals surface area contributed by atoms with E-state index < -0.39 is 13.9 Å². The first-order valence-electron chi connectivity index (χ1n) is 19.2. The van der Waals surface area contributed by atoms with Gasteiger partial charge in [-0.2, -0.15) is 0 Å². The van der Waals surface area contributed by atoms with Crippen molar-refractivity contribution in [1.29, 1.82) is 0 Å². The summed E-state index contributed by atoms with van der Waals surface area (Å²) in [4.78, 5) is 22.7. The topological polar surface area (TPSA) is 91.3 Å². The maximum Gasteiger partial charge on any atom is 0.472 e. The number of phosphoric acid groups is 1. The molecule has 0 fully saturated rings. The first-order chi connectivity index (χ1) is 23.1. The van der Waals surface area contributed by atoms with E-state index in [0.717, 1.165) is 57.8 Å². The molecule has 0 spiro atoms. The number of rotatable bonds is 35. The smallest absolute Gasteiger partial charge is 0.457 e. The minimum atomic E-state index is -4.27. The zero-order valence-electron chi connectivity index (χ0n) is 31.7. The van der Waals surface area contributed by atoms with E-state index in [1.54, 1.807) is 0 Å². The second-order valence-electron chi connectivity index (χ2n) is 13.9. The third-order valence-electron chi connectivity index (χ3n) is 7.90. The number of quaternary nitrogens is 1. The summed E-state index contributed by atoms with van der Waals surface area (Å²) in [6, 6.07) is 0. The molecule has 0 aliphatic carbocycles. The molecule has 0 aliphatic rings. The van der Waals surface area contributed by atoms with E-state index in [1.807, 2.05) is 21.1 Å². The van der Waals surface area contributed by atoms with Gasteiger partial charge >= 0.3 is 13.8 Å². The monoisotopic (exact) mass is 701 g/mol. The fraction of sp³-hybridized carbons (Fsp3) is 0.821. The van der Waals surface area contributed by atoms with Crippen LogP contribution >= 0.6 is 7.82 Å². The highest BCUT2D eigenvalue weighted by molar-refractivity contribution is 7.47. The lowest BCUT2D eigenvalue weighted by Crippen LogP contribution is -2.37. The van der Waals surface area contributed by atoms with E-state index in [-0.39, 0.29) is 25.8 Å². The van der Waals surface area contributed by atoms with Crippen LogP contribution in [0.15, 0.2) is 36.5 Å². The molecule has 0 aromatic rings. The molecule has 0 radical (unpaired) electrons.